The Balaban J connectivity index is 2.78. The molecule has 0 spiro atoms. The number of carbonyl (C=O) groups is 2. The summed E-state index contributed by atoms with van der Waals surface area (Å²) in [5, 5.41) is 2.51. The normalized spacial score (nSPS) is 11.8. The lowest BCUT2D eigenvalue weighted by Crippen LogP contribution is -2.40. The summed E-state index contributed by atoms with van der Waals surface area (Å²) in [4.78, 5) is 40.4. The molecule has 0 saturated heterocycles. The van der Waals surface area contributed by atoms with Crippen LogP contribution in [0, 0.1) is 13.8 Å². The molecule has 7 nitrogen and oxygen atoms in total. The second-order valence-corrected chi connectivity index (χ2v) is 4.22. The minimum absolute atomic E-state index is 0.0444. The van der Waals surface area contributed by atoms with Gasteiger partial charge in [0.15, 0.2) is 0 Å². The number of aryl methyl sites for hydroxylation is 2. The third-order valence-electron chi connectivity index (χ3n) is 2.72. The van der Waals surface area contributed by atoms with Crippen LogP contribution in [-0.2, 0) is 20.7 Å². The van der Waals surface area contributed by atoms with E-state index >= 15 is 0 Å². The first-order valence-electron chi connectivity index (χ1n) is 5.78. The Kier molecular flexibility index (Phi) is 4.80. The van der Waals surface area contributed by atoms with Gasteiger partial charge in [0.05, 0.1) is 13.5 Å². The maximum Gasteiger partial charge on any atom is 0.345 e. The lowest BCUT2D eigenvalue weighted by molar-refractivity contribution is -0.144. The highest BCUT2D eigenvalue weighted by Crippen LogP contribution is 2.07. The second-order valence-electron chi connectivity index (χ2n) is 4.22. The van der Waals surface area contributed by atoms with Crippen LogP contribution in [0.2, 0.25) is 0 Å². The van der Waals surface area contributed by atoms with E-state index in [4.69, 9.17) is 0 Å². The van der Waals surface area contributed by atoms with Crippen molar-refractivity contribution in [2.75, 3.05) is 7.11 Å². The molecule has 0 aliphatic heterocycles. The van der Waals surface area contributed by atoms with Crippen molar-refractivity contribution in [2.45, 2.75) is 33.2 Å². The molecule has 7 heteroatoms. The molecule has 0 aliphatic rings. The Morgan fingerprint density at radius 2 is 2.05 bits per heavy atom. The molecule has 1 aromatic rings. The average Bonchev–Trinajstić information content (AvgIpc) is 2.32. The van der Waals surface area contributed by atoms with E-state index in [1.54, 1.807) is 13.8 Å². The molecule has 2 N–H and O–H groups in total. The molecule has 19 heavy (non-hydrogen) atoms. The molecule has 0 saturated carbocycles. The van der Waals surface area contributed by atoms with Crippen molar-refractivity contribution < 1.29 is 14.3 Å². The van der Waals surface area contributed by atoms with Gasteiger partial charge in [0.2, 0.25) is 5.91 Å². The fraction of sp³-hybridized carbons (Fsp3) is 0.500. The zero-order chi connectivity index (χ0) is 14.6. The molecule has 1 rings (SSSR count). The Morgan fingerprint density at radius 1 is 1.42 bits per heavy atom. The summed E-state index contributed by atoms with van der Waals surface area (Å²) in [5.41, 5.74) is 1.30. The summed E-state index contributed by atoms with van der Waals surface area (Å²) in [5.74, 6) is -0.848. The second kappa shape index (κ2) is 6.12. The number of H-pyrrole nitrogens is 1. The molecule has 0 radical (unpaired) electrons. The maximum atomic E-state index is 11.8. The molecule has 1 unspecified atom stereocenters. The SMILES string of the molecule is COC(=O)C(C)NC(=O)Cc1c(C)nc(=O)[nH]c1C. The van der Waals surface area contributed by atoms with Gasteiger partial charge in [0, 0.05) is 17.0 Å². The Morgan fingerprint density at radius 3 is 2.58 bits per heavy atom. The van der Waals surface area contributed by atoms with E-state index in [0.717, 1.165) is 0 Å². The van der Waals surface area contributed by atoms with E-state index < -0.39 is 17.7 Å². The van der Waals surface area contributed by atoms with Gasteiger partial charge in [0.25, 0.3) is 0 Å². The number of aromatic amines is 1. The smallest absolute Gasteiger partial charge is 0.345 e. The summed E-state index contributed by atoms with van der Waals surface area (Å²) < 4.78 is 4.51. The molecule has 104 valence electrons. The number of aromatic nitrogens is 2. The minimum atomic E-state index is -0.714. The predicted octanol–water partition coefficient (Wildman–Crippen LogP) is -0.393. The number of rotatable bonds is 4. The number of amides is 1. The number of esters is 1. The average molecular weight is 267 g/mol. The predicted molar refractivity (Wildman–Crippen MR) is 67.7 cm³/mol. The van der Waals surface area contributed by atoms with Crippen molar-refractivity contribution in [3.05, 3.63) is 27.4 Å². The van der Waals surface area contributed by atoms with Crippen LogP contribution in [0.1, 0.15) is 23.9 Å². The quantitative estimate of drug-likeness (QED) is 0.723. The lowest BCUT2D eigenvalue weighted by Gasteiger charge is -2.13. The van der Waals surface area contributed by atoms with Crippen molar-refractivity contribution in [1.29, 1.82) is 0 Å². The highest BCUT2D eigenvalue weighted by Gasteiger charge is 2.17. The summed E-state index contributed by atoms with van der Waals surface area (Å²) in [6.07, 6.45) is 0.0444. The lowest BCUT2D eigenvalue weighted by atomic mass is 10.1. The fourth-order valence-corrected chi connectivity index (χ4v) is 1.70. The Labute approximate surface area is 110 Å². The van der Waals surface area contributed by atoms with Crippen LogP contribution >= 0.6 is 0 Å². The molecule has 0 bridgehead atoms. The molecule has 0 fully saturated rings. The molecule has 0 aromatic carbocycles. The first-order valence-corrected chi connectivity index (χ1v) is 5.78. The number of nitrogens with zero attached hydrogens (tertiary/aromatic N) is 1. The van der Waals surface area contributed by atoms with Crippen molar-refractivity contribution in [2.24, 2.45) is 0 Å². The van der Waals surface area contributed by atoms with Crippen molar-refractivity contribution in [1.82, 2.24) is 15.3 Å². The van der Waals surface area contributed by atoms with E-state index in [1.165, 1.54) is 14.0 Å². The van der Waals surface area contributed by atoms with E-state index in [-0.39, 0.29) is 12.3 Å². The summed E-state index contributed by atoms with van der Waals surface area (Å²) >= 11 is 0. The number of carbonyl (C=O) groups excluding carboxylic acids is 2. The maximum absolute atomic E-state index is 11.8. The standard InChI is InChI=1S/C12H17N3O4/c1-6-9(7(2)15-12(18)14-6)5-10(16)13-8(3)11(17)19-4/h8H,5H2,1-4H3,(H,13,16)(H,14,15,18). The summed E-state index contributed by atoms with van der Waals surface area (Å²) in [6, 6.07) is -0.714. The number of hydrogen-bond donors (Lipinski definition) is 2. The monoisotopic (exact) mass is 267 g/mol. The summed E-state index contributed by atoms with van der Waals surface area (Å²) in [6.45, 7) is 4.89. The van der Waals surface area contributed by atoms with Crippen LogP contribution in [-0.4, -0.2) is 35.0 Å². The summed E-state index contributed by atoms with van der Waals surface area (Å²) in [7, 11) is 1.26. The van der Waals surface area contributed by atoms with Crippen molar-refractivity contribution >= 4 is 11.9 Å². The molecular formula is C12H17N3O4. The third kappa shape index (κ3) is 3.90. The molecule has 1 amide bonds. The zero-order valence-corrected chi connectivity index (χ0v) is 11.4. The Hall–Kier alpha value is -2.18. The van der Waals surface area contributed by atoms with Gasteiger partial charge >= 0.3 is 11.7 Å². The minimum Gasteiger partial charge on any atom is -0.467 e. The van der Waals surface area contributed by atoms with E-state index in [9.17, 15) is 14.4 Å². The molecule has 1 aromatic heterocycles. The highest BCUT2D eigenvalue weighted by atomic mass is 16.5. The van der Waals surface area contributed by atoms with Crippen LogP contribution in [0.25, 0.3) is 0 Å². The van der Waals surface area contributed by atoms with Gasteiger partial charge in [-0.25, -0.2) is 9.59 Å². The molecule has 1 heterocycles. The number of methoxy groups -OCH3 is 1. The largest absolute Gasteiger partial charge is 0.467 e. The van der Waals surface area contributed by atoms with Crippen LogP contribution in [0.5, 0.6) is 0 Å². The van der Waals surface area contributed by atoms with Gasteiger partial charge in [-0.2, -0.15) is 4.98 Å². The van der Waals surface area contributed by atoms with Crippen LogP contribution in [0.4, 0.5) is 0 Å². The topological polar surface area (TPSA) is 101 Å². The number of hydrogen-bond acceptors (Lipinski definition) is 5. The molecular weight excluding hydrogens is 250 g/mol. The van der Waals surface area contributed by atoms with Gasteiger partial charge in [-0.3, -0.25) is 4.79 Å². The first kappa shape index (κ1) is 14.9. The van der Waals surface area contributed by atoms with Gasteiger partial charge in [-0.15, -0.1) is 0 Å². The van der Waals surface area contributed by atoms with Gasteiger partial charge in [-0.1, -0.05) is 0 Å². The van der Waals surface area contributed by atoms with Gasteiger partial charge < -0.3 is 15.0 Å². The number of ether oxygens (including phenoxy) is 1. The van der Waals surface area contributed by atoms with Crippen molar-refractivity contribution in [3.8, 4) is 0 Å². The highest BCUT2D eigenvalue weighted by molar-refractivity contribution is 5.85. The molecule has 1 atom stereocenters. The van der Waals surface area contributed by atoms with Crippen LogP contribution in [0.15, 0.2) is 4.79 Å². The number of nitrogens with one attached hydrogen (secondary N) is 2. The van der Waals surface area contributed by atoms with Crippen molar-refractivity contribution in [3.63, 3.8) is 0 Å². The Bertz CT molecular complexity index is 524. The third-order valence-corrected chi connectivity index (χ3v) is 2.72. The van der Waals surface area contributed by atoms with E-state index in [2.05, 4.69) is 20.0 Å². The van der Waals surface area contributed by atoms with Crippen LogP contribution in [0.3, 0.4) is 0 Å². The zero-order valence-electron chi connectivity index (χ0n) is 11.4. The van der Waals surface area contributed by atoms with Crippen LogP contribution < -0.4 is 11.0 Å². The van der Waals surface area contributed by atoms with E-state index in [1.807, 2.05) is 0 Å². The van der Waals surface area contributed by atoms with Gasteiger partial charge in [0.1, 0.15) is 6.04 Å². The van der Waals surface area contributed by atoms with E-state index in [0.29, 0.717) is 17.0 Å². The van der Waals surface area contributed by atoms with Gasteiger partial charge in [-0.05, 0) is 20.8 Å². The fourth-order valence-electron chi connectivity index (χ4n) is 1.70. The first-order chi connectivity index (χ1) is 8.85. The molecule has 0 aliphatic carbocycles.